The minimum absolute atomic E-state index is 0.159. The Morgan fingerprint density at radius 2 is 1.63 bits per heavy atom. The van der Waals surface area contributed by atoms with Gasteiger partial charge in [0.15, 0.2) is 0 Å². The second-order valence-electron chi connectivity index (χ2n) is 6.36. The van der Waals surface area contributed by atoms with Crippen LogP contribution < -0.4 is 5.32 Å². The number of hydrogen-bond donors (Lipinski definition) is 1. The van der Waals surface area contributed by atoms with E-state index in [9.17, 15) is 4.79 Å². The Bertz CT molecular complexity index is 1090. The van der Waals surface area contributed by atoms with Gasteiger partial charge in [0.1, 0.15) is 10.7 Å². The monoisotopic (exact) mass is 369 g/mol. The first-order valence-corrected chi connectivity index (χ1v) is 9.54. The van der Waals surface area contributed by atoms with Crippen molar-refractivity contribution in [2.75, 3.05) is 0 Å². The van der Waals surface area contributed by atoms with Crippen molar-refractivity contribution in [3.05, 3.63) is 95.3 Å². The number of carbonyl (C=O) groups is 1. The van der Waals surface area contributed by atoms with Crippen LogP contribution in [0.25, 0.3) is 21.7 Å². The van der Waals surface area contributed by atoms with Crippen molar-refractivity contribution in [2.24, 2.45) is 0 Å². The number of thiazole rings is 1. The number of hydrogen-bond acceptors (Lipinski definition) is 4. The zero-order valence-corrected chi connectivity index (χ0v) is 15.1. The molecule has 0 atom stereocenters. The van der Waals surface area contributed by atoms with Crippen LogP contribution in [-0.2, 0) is 0 Å². The standard InChI is InChI=1S/C22H15N3OS/c26-21(19-13-27-22(24-19)14-6-5-11-23-12-14)25-20-17-9-3-1-7-15(17)16-8-2-4-10-18(16)20/h1-13,20H,(H,25,26). The smallest absolute Gasteiger partial charge is 0.271 e. The topological polar surface area (TPSA) is 54.9 Å². The van der Waals surface area contributed by atoms with Crippen molar-refractivity contribution in [3.8, 4) is 21.7 Å². The fourth-order valence-corrected chi connectivity index (χ4v) is 4.31. The molecule has 2 aromatic carbocycles. The van der Waals surface area contributed by atoms with Gasteiger partial charge in [-0.25, -0.2) is 4.98 Å². The van der Waals surface area contributed by atoms with E-state index in [0.717, 1.165) is 21.7 Å². The number of carbonyl (C=O) groups excluding carboxylic acids is 1. The molecule has 0 spiro atoms. The molecule has 0 saturated carbocycles. The lowest BCUT2D eigenvalue weighted by molar-refractivity contribution is 0.0939. The van der Waals surface area contributed by atoms with Gasteiger partial charge in [0.2, 0.25) is 0 Å². The summed E-state index contributed by atoms with van der Waals surface area (Å²) in [7, 11) is 0. The fraction of sp³-hybridized carbons (Fsp3) is 0.0455. The summed E-state index contributed by atoms with van der Waals surface area (Å²) in [5.41, 5.74) is 5.93. The van der Waals surface area contributed by atoms with Crippen LogP contribution >= 0.6 is 11.3 Å². The van der Waals surface area contributed by atoms with Crippen LogP contribution in [0.2, 0.25) is 0 Å². The molecule has 5 heteroatoms. The summed E-state index contributed by atoms with van der Waals surface area (Å²) < 4.78 is 0. The Morgan fingerprint density at radius 3 is 2.30 bits per heavy atom. The van der Waals surface area contributed by atoms with Gasteiger partial charge >= 0.3 is 0 Å². The highest BCUT2D eigenvalue weighted by molar-refractivity contribution is 7.13. The summed E-state index contributed by atoms with van der Waals surface area (Å²) in [5, 5.41) is 5.75. The molecule has 0 bridgehead atoms. The van der Waals surface area contributed by atoms with E-state index < -0.39 is 0 Å². The molecule has 2 aromatic heterocycles. The summed E-state index contributed by atoms with van der Waals surface area (Å²) in [6.45, 7) is 0. The van der Waals surface area contributed by atoms with E-state index in [4.69, 9.17) is 0 Å². The first-order valence-electron chi connectivity index (χ1n) is 8.66. The molecule has 130 valence electrons. The van der Waals surface area contributed by atoms with E-state index in [-0.39, 0.29) is 11.9 Å². The van der Waals surface area contributed by atoms with Crippen molar-refractivity contribution in [1.29, 1.82) is 0 Å². The van der Waals surface area contributed by atoms with Gasteiger partial charge in [-0.1, -0.05) is 48.5 Å². The Labute approximate surface area is 160 Å². The van der Waals surface area contributed by atoms with Gasteiger partial charge in [0.25, 0.3) is 5.91 Å². The summed E-state index contributed by atoms with van der Waals surface area (Å²) in [4.78, 5) is 21.5. The predicted molar refractivity (Wildman–Crippen MR) is 107 cm³/mol. The molecule has 27 heavy (non-hydrogen) atoms. The van der Waals surface area contributed by atoms with Crippen LogP contribution in [-0.4, -0.2) is 15.9 Å². The maximum absolute atomic E-state index is 12.9. The Morgan fingerprint density at radius 1 is 0.926 bits per heavy atom. The predicted octanol–water partition coefficient (Wildman–Crippen LogP) is 4.70. The number of rotatable bonds is 3. The van der Waals surface area contributed by atoms with Gasteiger partial charge in [-0.15, -0.1) is 11.3 Å². The van der Waals surface area contributed by atoms with Crippen LogP contribution in [0.1, 0.15) is 27.7 Å². The second-order valence-corrected chi connectivity index (χ2v) is 7.22. The molecule has 1 aliphatic rings. The molecule has 4 nitrogen and oxygen atoms in total. The minimum Gasteiger partial charge on any atom is -0.340 e. The Kier molecular flexibility index (Phi) is 3.80. The first kappa shape index (κ1) is 15.9. The van der Waals surface area contributed by atoms with Crippen molar-refractivity contribution in [3.63, 3.8) is 0 Å². The van der Waals surface area contributed by atoms with Gasteiger partial charge in [-0.05, 0) is 34.4 Å². The van der Waals surface area contributed by atoms with Crippen LogP contribution in [0.3, 0.4) is 0 Å². The molecule has 0 saturated heterocycles. The average molecular weight is 369 g/mol. The summed E-state index contributed by atoms with van der Waals surface area (Å²) >= 11 is 1.45. The lowest BCUT2D eigenvalue weighted by atomic mass is 10.1. The fourth-order valence-electron chi connectivity index (χ4n) is 3.52. The maximum Gasteiger partial charge on any atom is 0.271 e. The molecule has 2 heterocycles. The van der Waals surface area contributed by atoms with Crippen molar-refractivity contribution >= 4 is 17.2 Å². The number of fused-ring (bicyclic) bond motifs is 3. The highest BCUT2D eigenvalue weighted by Crippen LogP contribution is 2.43. The number of amides is 1. The molecule has 4 aromatic rings. The van der Waals surface area contributed by atoms with Gasteiger partial charge in [0.05, 0.1) is 6.04 Å². The second kappa shape index (κ2) is 6.45. The number of aromatic nitrogens is 2. The molecule has 5 rings (SSSR count). The average Bonchev–Trinajstić information content (AvgIpc) is 3.34. The minimum atomic E-state index is -0.169. The quantitative estimate of drug-likeness (QED) is 0.569. The van der Waals surface area contributed by atoms with E-state index in [1.54, 1.807) is 17.8 Å². The van der Waals surface area contributed by atoms with E-state index in [1.165, 1.54) is 22.5 Å². The van der Waals surface area contributed by atoms with Gasteiger partial charge in [0, 0.05) is 23.3 Å². The molecule has 1 aliphatic carbocycles. The highest BCUT2D eigenvalue weighted by Gasteiger charge is 2.29. The molecule has 0 fully saturated rings. The molecular formula is C22H15N3OS. The first-order chi connectivity index (χ1) is 13.3. The van der Waals surface area contributed by atoms with E-state index in [1.807, 2.05) is 36.4 Å². The summed E-state index contributed by atoms with van der Waals surface area (Å²) in [6, 6.07) is 20.1. The van der Waals surface area contributed by atoms with Crippen molar-refractivity contribution < 1.29 is 4.79 Å². The van der Waals surface area contributed by atoms with Crippen LogP contribution in [0, 0.1) is 0 Å². The van der Waals surface area contributed by atoms with Crippen LogP contribution in [0.4, 0.5) is 0 Å². The summed E-state index contributed by atoms with van der Waals surface area (Å²) in [5.74, 6) is -0.169. The van der Waals surface area contributed by atoms with E-state index in [2.05, 4.69) is 39.6 Å². The maximum atomic E-state index is 12.9. The molecule has 1 amide bonds. The van der Waals surface area contributed by atoms with E-state index >= 15 is 0 Å². The third kappa shape index (κ3) is 2.73. The van der Waals surface area contributed by atoms with Crippen molar-refractivity contribution in [1.82, 2.24) is 15.3 Å². The third-order valence-electron chi connectivity index (χ3n) is 4.75. The molecule has 0 radical (unpaired) electrons. The normalized spacial score (nSPS) is 12.4. The molecule has 0 aliphatic heterocycles. The van der Waals surface area contributed by atoms with Gasteiger partial charge < -0.3 is 5.32 Å². The number of benzene rings is 2. The third-order valence-corrected chi connectivity index (χ3v) is 5.65. The van der Waals surface area contributed by atoms with E-state index in [0.29, 0.717) is 5.69 Å². The van der Waals surface area contributed by atoms with Gasteiger partial charge in [-0.3, -0.25) is 9.78 Å². The Balaban J connectivity index is 1.46. The highest BCUT2D eigenvalue weighted by atomic mass is 32.1. The largest absolute Gasteiger partial charge is 0.340 e. The summed E-state index contributed by atoms with van der Waals surface area (Å²) in [6.07, 6.45) is 3.48. The van der Waals surface area contributed by atoms with Gasteiger partial charge in [-0.2, -0.15) is 0 Å². The zero-order valence-electron chi connectivity index (χ0n) is 14.3. The van der Waals surface area contributed by atoms with Crippen LogP contribution in [0.15, 0.2) is 78.4 Å². The molecule has 0 unspecified atom stereocenters. The lowest BCUT2D eigenvalue weighted by Crippen LogP contribution is -2.28. The number of pyridine rings is 1. The number of nitrogens with zero attached hydrogens (tertiary/aromatic N) is 2. The number of nitrogens with one attached hydrogen (secondary N) is 1. The molecular weight excluding hydrogens is 354 g/mol. The Hall–Kier alpha value is -3.31. The lowest BCUT2D eigenvalue weighted by Gasteiger charge is -2.15. The molecule has 1 N–H and O–H groups in total. The SMILES string of the molecule is O=C(NC1c2ccccc2-c2ccccc21)c1csc(-c2cccnc2)n1. The zero-order chi connectivity index (χ0) is 18.2. The van der Waals surface area contributed by atoms with Crippen molar-refractivity contribution in [2.45, 2.75) is 6.04 Å². The van der Waals surface area contributed by atoms with Crippen LogP contribution in [0.5, 0.6) is 0 Å².